The zero-order valence-electron chi connectivity index (χ0n) is 29.0. The third-order valence-electron chi connectivity index (χ3n) is 9.66. The molecule has 6 rings (SSSR count). The quantitative estimate of drug-likeness (QED) is 0.179. The van der Waals surface area contributed by atoms with Crippen molar-refractivity contribution in [3.8, 4) is 11.1 Å². The highest BCUT2D eigenvalue weighted by Gasteiger charge is 2.70. The Kier molecular flexibility index (Phi) is 9.63. The second-order valence-corrected chi connectivity index (χ2v) is 14.1. The third-order valence-corrected chi connectivity index (χ3v) is 10.1. The minimum Gasteiger partial charge on any atom is -0.453 e. The van der Waals surface area contributed by atoms with Gasteiger partial charge in [-0.2, -0.15) is 5.10 Å². The molecule has 2 aliphatic rings. The number of fused-ring (bicyclic) bond motifs is 2. The first-order chi connectivity index (χ1) is 24.2. The molecule has 15 nitrogen and oxygen atoms in total. The maximum absolute atomic E-state index is 14.4. The molecular formula is C35H38BrN9O6. The van der Waals surface area contributed by atoms with Crippen molar-refractivity contribution in [2.45, 2.75) is 70.7 Å². The number of carbonyl (C=O) groups excluding carboxylic acids is 5. The predicted molar refractivity (Wildman–Crippen MR) is 189 cm³/mol. The Morgan fingerprint density at radius 2 is 1.80 bits per heavy atom. The van der Waals surface area contributed by atoms with Gasteiger partial charge in [-0.15, -0.1) is 0 Å². The Morgan fingerprint density at radius 3 is 2.45 bits per heavy atom. The predicted octanol–water partition coefficient (Wildman–Crippen LogP) is 3.75. The summed E-state index contributed by atoms with van der Waals surface area (Å²) in [5.74, 6) is -0.854. The summed E-state index contributed by atoms with van der Waals surface area (Å²) in [5.41, 5.74) is 1.45. The van der Waals surface area contributed by atoms with E-state index in [0.717, 1.165) is 11.1 Å². The number of rotatable bonds is 10. The number of carbonyl (C=O) groups is 5. The number of aromatic nitrogens is 5. The molecule has 266 valence electrons. The number of pyridine rings is 1. The summed E-state index contributed by atoms with van der Waals surface area (Å²) in [6.07, 6.45) is 3.26. The number of alkyl carbamates (subject to hydrolysis) is 1. The van der Waals surface area contributed by atoms with Gasteiger partial charge in [-0.1, -0.05) is 26.0 Å². The van der Waals surface area contributed by atoms with E-state index >= 15 is 0 Å². The van der Waals surface area contributed by atoms with Gasteiger partial charge < -0.3 is 25.2 Å². The standard InChI is InChI=1S/C35H38BrN9O6/c1-18(2)30(41-34(50)51-6)33(49)43(5)35-13-25(32(48)40-28-9-7-8-27(36)39-28)45(26(35)14-35)29(47)17-44-24-11-10-21(22-15-37-20(4)38-16-22)12-23(24)31(42-44)19(3)46/h7-12,15-16,18,25-26,30H,13-14,17H2,1-6H3,(H,41,50)(H,39,40,48)/t25-,26?,30-,35?/m0/s1. The zero-order chi connectivity index (χ0) is 36.8. The monoisotopic (exact) mass is 759 g/mol. The van der Waals surface area contributed by atoms with Gasteiger partial charge in [0.2, 0.25) is 17.7 Å². The molecule has 1 saturated heterocycles. The van der Waals surface area contributed by atoms with E-state index in [9.17, 15) is 24.0 Å². The van der Waals surface area contributed by atoms with Crippen molar-refractivity contribution in [1.82, 2.24) is 39.8 Å². The lowest BCUT2D eigenvalue weighted by atomic mass is 10.00. The molecule has 0 bridgehead atoms. The van der Waals surface area contributed by atoms with Gasteiger partial charge in [0.25, 0.3) is 0 Å². The normalized spacial score (nSPS) is 19.7. The summed E-state index contributed by atoms with van der Waals surface area (Å²) in [7, 11) is 2.85. The third kappa shape index (κ3) is 6.79. The number of methoxy groups -OCH3 is 1. The van der Waals surface area contributed by atoms with Crippen molar-refractivity contribution >= 4 is 62.2 Å². The van der Waals surface area contributed by atoms with Crippen molar-refractivity contribution in [3.05, 3.63) is 64.9 Å². The molecule has 4 heterocycles. The molecule has 4 amide bonds. The smallest absolute Gasteiger partial charge is 0.407 e. The van der Waals surface area contributed by atoms with Crippen LogP contribution in [0.25, 0.3) is 22.0 Å². The number of Topliss-reactive ketones (excluding diaryl/α,β-unsaturated/α-hetero) is 1. The summed E-state index contributed by atoms with van der Waals surface area (Å²) >= 11 is 3.32. The molecular weight excluding hydrogens is 722 g/mol. The van der Waals surface area contributed by atoms with E-state index in [1.165, 1.54) is 23.6 Å². The van der Waals surface area contributed by atoms with E-state index in [1.54, 1.807) is 69.4 Å². The number of hydrogen-bond acceptors (Lipinski definition) is 10. The van der Waals surface area contributed by atoms with Gasteiger partial charge in [-0.3, -0.25) is 23.9 Å². The van der Waals surface area contributed by atoms with E-state index in [-0.39, 0.29) is 36.3 Å². The molecule has 1 saturated carbocycles. The van der Waals surface area contributed by atoms with E-state index in [1.807, 2.05) is 12.1 Å². The first kappa shape index (κ1) is 35.6. The Balaban J connectivity index is 1.32. The fourth-order valence-electron chi connectivity index (χ4n) is 6.87. The maximum Gasteiger partial charge on any atom is 0.407 e. The van der Waals surface area contributed by atoms with Crippen LogP contribution in [0, 0.1) is 12.8 Å². The van der Waals surface area contributed by atoms with Gasteiger partial charge in [0, 0.05) is 43.7 Å². The van der Waals surface area contributed by atoms with Crippen LogP contribution in [0.5, 0.6) is 0 Å². The number of nitrogens with one attached hydrogen (secondary N) is 2. The van der Waals surface area contributed by atoms with Crippen LogP contribution in [0.15, 0.2) is 53.4 Å². The van der Waals surface area contributed by atoms with Crippen LogP contribution in [0.1, 0.15) is 49.9 Å². The van der Waals surface area contributed by atoms with E-state index in [4.69, 9.17) is 4.74 Å². The zero-order valence-corrected chi connectivity index (χ0v) is 30.6. The van der Waals surface area contributed by atoms with Crippen molar-refractivity contribution in [1.29, 1.82) is 0 Å². The number of likely N-dealkylation sites (N-methyl/N-ethyl adjacent to an activating group) is 1. The van der Waals surface area contributed by atoms with Gasteiger partial charge in [-0.25, -0.2) is 19.7 Å². The molecule has 4 atom stereocenters. The molecule has 2 fully saturated rings. The number of aryl methyl sites for hydroxylation is 1. The number of ether oxygens (including phenoxy) is 1. The van der Waals surface area contributed by atoms with Crippen LogP contribution in [-0.4, -0.2) is 102 Å². The molecule has 16 heteroatoms. The highest BCUT2D eigenvalue weighted by Crippen LogP contribution is 2.56. The van der Waals surface area contributed by atoms with E-state index < -0.39 is 41.6 Å². The lowest BCUT2D eigenvalue weighted by Crippen LogP contribution is -2.54. The first-order valence-corrected chi connectivity index (χ1v) is 17.2. The minimum absolute atomic E-state index is 0.162. The topological polar surface area (TPSA) is 182 Å². The number of benzene rings is 1. The van der Waals surface area contributed by atoms with E-state index in [2.05, 4.69) is 46.6 Å². The number of hydrogen-bond donors (Lipinski definition) is 2. The summed E-state index contributed by atoms with van der Waals surface area (Å²) in [6.45, 7) is 6.55. The lowest BCUT2D eigenvalue weighted by Gasteiger charge is -2.32. The Morgan fingerprint density at radius 1 is 1.08 bits per heavy atom. The lowest BCUT2D eigenvalue weighted by molar-refractivity contribution is -0.138. The summed E-state index contributed by atoms with van der Waals surface area (Å²) in [5, 5.41) is 10.6. The number of halogens is 1. The molecule has 3 aromatic heterocycles. The van der Waals surface area contributed by atoms with Crippen LogP contribution in [0.3, 0.4) is 0 Å². The first-order valence-electron chi connectivity index (χ1n) is 16.4. The number of amides is 4. The van der Waals surface area contributed by atoms with Crippen LogP contribution < -0.4 is 10.6 Å². The molecule has 1 aromatic carbocycles. The number of likely N-dealkylation sites (tertiary alicyclic amines) is 1. The molecule has 1 aliphatic heterocycles. The largest absolute Gasteiger partial charge is 0.453 e. The van der Waals surface area contributed by atoms with Gasteiger partial charge in [0.1, 0.15) is 40.6 Å². The number of nitrogens with zero attached hydrogens (tertiary/aromatic N) is 7. The molecule has 0 spiro atoms. The molecule has 2 N–H and O–H groups in total. The van der Waals surface area contributed by atoms with Crippen molar-refractivity contribution < 1.29 is 28.7 Å². The fraction of sp³-hybridized carbons (Fsp3) is 0.400. The van der Waals surface area contributed by atoms with Crippen LogP contribution in [0.2, 0.25) is 0 Å². The second kappa shape index (κ2) is 13.8. The molecule has 0 radical (unpaired) electrons. The molecule has 2 unspecified atom stereocenters. The highest BCUT2D eigenvalue weighted by molar-refractivity contribution is 9.10. The Labute approximate surface area is 302 Å². The second-order valence-electron chi connectivity index (χ2n) is 13.2. The molecule has 4 aromatic rings. The van der Waals surface area contributed by atoms with Crippen molar-refractivity contribution in [3.63, 3.8) is 0 Å². The average Bonchev–Trinajstić information content (AvgIpc) is 3.54. The van der Waals surface area contributed by atoms with Gasteiger partial charge >= 0.3 is 6.09 Å². The fourth-order valence-corrected chi connectivity index (χ4v) is 7.22. The minimum atomic E-state index is -0.958. The van der Waals surface area contributed by atoms with E-state index in [0.29, 0.717) is 33.6 Å². The van der Waals surface area contributed by atoms with Gasteiger partial charge in [0.15, 0.2) is 5.78 Å². The molecule has 1 aliphatic carbocycles. The SMILES string of the molecule is COC(=O)N[C@H](C(=O)N(C)C12CC1N(C(=O)Cn1nc(C(C)=O)c3cc(-c4cnc(C)nc4)ccc31)[C@H](C(=O)Nc1cccc(Br)n1)C2)C(C)C. The Hall–Kier alpha value is -5.25. The summed E-state index contributed by atoms with van der Waals surface area (Å²) in [4.78, 5) is 82.9. The number of piperidine rings is 1. The summed E-state index contributed by atoms with van der Waals surface area (Å²) in [6, 6.07) is 8.21. The van der Waals surface area contributed by atoms with Crippen molar-refractivity contribution in [2.75, 3.05) is 19.5 Å². The molecule has 51 heavy (non-hydrogen) atoms. The maximum atomic E-state index is 14.4. The van der Waals surface area contributed by atoms with Crippen LogP contribution >= 0.6 is 15.9 Å². The number of ketones is 1. The van der Waals surface area contributed by atoms with Gasteiger partial charge in [0.05, 0.1) is 24.2 Å². The highest BCUT2D eigenvalue weighted by atomic mass is 79.9. The van der Waals surface area contributed by atoms with Gasteiger partial charge in [-0.05, 0) is 65.0 Å². The summed E-state index contributed by atoms with van der Waals surface area (Å²) < 4.78 is 6.74. The Bertz CT molecular complexity index is 2050. The van der Waals surface area contributed by atoms with Crippen molar-refractivity contribution in [2.24, 2.45) is 5.92 Å². The van der Waals surface area contributed by atoms with Crippen LogP contribution in [-0.2, 0) is 25.7 Å². The average molecular weight is 761 g/mol. The van der Waals surface area contributed by atoms with Crippen LogP contribution in [0.4, 0.5) is 10.6 Å². The number of anilines is 1.